The smallest absolute Gasteiger partial charge is 0.307 e. The Morgan fingerprint density at radius 1 is 1.38 bits per heavy atom. The zero-order valence-corrected chi connectivity index (χ0v) is 7.01. The third-order valence-corrected chi connectivity index (χ3v) is 1.44. The summed E-state index contributed by atoms with van der Waals surface area (Å²) in [5.74, 6) is -0.433. The fourth-order valence-corrected chi connectivity index (χ4v) is 0.699. The Labute approximate surface area is 80.7 Å². The van der Waals surface area contributed by atoms with Gasteiger partial charge in [-0.25, -0.2) is 0 Å². The molecule has 0 saturated heterocycles. The van der Waals surface area contributed by atoms with Crippen molar-refractivity contribution in [2.75, 3.05) is 14.2 Å². The minimum atomic E-state index is -0.414. The molecule has 0 aliphatic heterocycles. The van der Waals surface area contributed by atoms with E-state index in [-0.39, 0.29) is 33.0 Å². The molecule has 0 radical (unpaired) electrons. The molecule has 0 aliphatic rings. The zero-order valence-electron chi connectivity index (χ0n) is 7.01. The lowest BCUT2D eigenvalue weighted by Crippen LogP contribution is -2.34. The summed E-state index contributed by atoms with van der Waals surface area (Å²) < 4.78 is 4.40. The van der Waals surface area contributed by atoms with E-state index in [0.717, 1.165) is 0 Å². The van der Waals surface area contributed by atoms with Gasteiger partial charge in [0.2, 0.25) is 0 Å². The largest absolute Gasteiger partial charge is 0.469 e. The van der Waals surface area contributed by atoms with Crippen LogP contribution in [0.1, 0.15) is 28.2 Å². The Balaban J connectivity index is -0.000000500. The van der Waals surface area contributed by atoms with Crippen LogP contribution in [0.5, 0.6) is 0 Å². The molecular formula is C9H21NO3. The van der Waals surface area contributed by atoms with Gasteiger partial charge in [0.1, 0.15) is 5.78 Å². The van der Waals surface area contributed by atoms with Gasteiger partial charge in [0.05, 0.1) is 19.6 Å². The van der Waals surface area contributed by atoms with Gasteiger partial charge in [0.15, 0.2) is 0 Å². The Hall–Kier alpha value is -0.900. The Kier molecular flexibility index (Phi) is 12.7. The van der Waals surface area contributed by atoms with Crippen molar-refractivity contribution in [2.24, 2.45) is 0 Å². The predicted molar refractivity (Wildman–Crippen MR) is 53.6 cm³/mol. The lowest BCUT2D eigenvalue weighted by molar-refractivity contribution is -0.142. The third kappa shape index (κ3) is 7.46. The summed E-state index contributed by atoms with van der Waals surface area (Å²) in [6.07, 6.45) is 0.0995. The molecule has 80 valence electrons. The first kappa shape index (κ1) is 18.0. The number of Topliss-reactive ketones (excluding diaryl/α,β-unsaturated/α-hetero) is 1. The number of hydrogen-bond acceptors (Lipinski definition) is 4. The van der Waals surface area contributed by atoms with Crippen molar-refractivity contribution in [1.82, 2.24) is 5.32 Å². The molecule has 0 aliphatic carbocycles. The molecule has 4 nitrogen and oxygen atoms in total. The van der Waals surface area contributed by atoms with Gasteiger partial charge in [-0.15, -0.1) is 0 Å². The van der Waals surface area contributed by atoms with Crippen LogP contribution in [0.25, 0.3) is 0 Å². The molecule has 0 amide bonds. The van der Waals surface area contributed by atoms with Crippen LogP contribution >= 0.6 is 0 Å². The van der Waals surface area contributed by atoms with Gasteiger partial charge in [-0.05, 0) is 14.0 Å². The number of rotatable bonds is 4. The summed E-state index contributed by atoms with van der Waals surface area (Å²) >= 11 is 0. The van der Waals surface area contributed by atoms with Gasteiger partial charge in [0, 0.05) is 0 Å². The van der Waals surface area contributed by atoms with Gasteiger partial charge >= 0.3 is 5.97 Å². The van der Waals surface area contributed by atoms with Gasteiger partial charge in [-0.1, -0.05) is 14.9 Å². The lowest BCUT2D eigenvalue weighted by Gasteiger charge is -2.09. The minimum Gasteiger partial charge on any atom is -0.469 e. The molecule has 13 heavy (non-hydrogen) atoms. The highest BCUT2D eigenvalue weighted by atomic mass is 16.5. The number of carbonyl (C=O) groups is 2. The first-order valence-corrected chi connectivity index (χ1v) is 3.36. The van der Waals surface area contributed by atoms with E-state index in [1.165, 1.54) is 14.0 Å². The van der Waals surface area contributed by atoms with E-state index in [9.17, 15) is 9.59 Å². The summed E-state index contributed by atoms with van der Waals surface area (Å²) in [5.41, 5.74) is 0. The van der Waals surface area contributed by atoms with Gasteiger partial charge in [-0.2, -0.15) is 0 Å². The molecule has 1 atom stereocenters. The first-order valence-electron chi connectivity index (χ1n) is 3.36. The van der Waals surface area contributed by atoms with Crippen LogP contribution in [0, 0.1) is 0 Å². The van der Waals surface area contributed by atoms with Crippen LogP contribution in [0.15, 0.2) is 0 Å². The van der Waals surface area contributed by atoms with Crippen LogP contribution < -0.4 is 5.32 Å². The summed E-state index contributed by atoms with van der Waals surface area (Å²) in [6.45, 7) is 1.43. The van der Waals surface area contributed by atoms with Gasteiger partial charge < -0.3 is 10.1 Å². The minimum absolute atomic E-state index is 0. The molecular weight excluding hydrogens is 170 g/mol. The van der Waals surface area contributed by atoms with E-state index >= 15 is 0 Å². The van der Waals surface area contributed by atoms with Crippen LogP contribution in [-0.4, -0.2) is 32.0 Å². The maximum absolute atomic E-state index is 10.8. The molecule has 0 aromatic heterocycles. The van der Waals surface area contributed by atoms with E-state index < -0.39 is 6.04 Å². The number of nitrogens with one attached hydrogen (secondary N) is 1. The molecule has 0 spiro atoms. The molecule has 0 rings (SSSR count). The average Bonchev–Trinajstić information content (AvgIpc) is 1.99. The van der Waals surface area contributed by atoms with Crippen molar-refractivity contribution < 1.29 is 14.3 Å². The Morgan fingerprint density at radius 2 is 1.85 bits per heavy atom. The highest BCUT2D eigenvalue weighted by Crippen LogP contribution is 1.94. The van der Waals surface area contributed by atoms with Crippen molar-refractivity contribution >= 4 is 11.8 Å². The number of carbonyl (C=O) groups excluding carboxylic acids is 2. The Morgan fingerprint density at radius 3 is 2.08 bits per heavy atom. The summed E-state index contributed by atoms with van der Waals surface area (Å²) in [6, 6.07) is -0.414. The molecule has 0 saturated carbocycles. The normalized spacial score (nSPS) is 10.4. The second-order valence-electron chi connectivity index (χ2n) is 2.23. The zero-order chi connectivity index (χ0) is 8.85. The van der Waals surface area contributed by atoms with Crippen molar-refractivity contribution in [3.63, 3.8) is 0 Å². The second-order valence-corrected chi connectivity index (χ2v) is 2.23. The fourth-order valence-electron chi connectivity index (χ4n) is 0.699. The van der Waals surface area contributed by atoms with E-state index in [0.29, 0.717) is 0 Å². The molecule has 4 heteroatoms. The van der Waals surface area contributed by atoms with Crippen molar-refractivity contribution in [1.29, 1.82) is 0 Å². The second kappa shape index (κ2) is 9.19. The molecule has 0 bridgehead atoms. The van der Waals surface area contributed by atoms with E-state index in [2.05, 4.69) is 10.1 Å². The standard InChI is InChI=1S/C7H13NO3.2CH4/c1-5(9)6(8-2)4-7(10)11-3;;/h6,8H,4H2,1-3H3;2*1H4. The molecule has 0 aromatic rings. The molecule has 0 heterocycles. The maximum atomic E-state index is 10.8. The maximum Gasteiger partial charge on any atom is 0.307 e. The number of hydrogen-bond donors (Lipinski definition) is 1. The number of likely N-dealkylation sites (N-methyl/N-ethyl adjacent to an activating group) is 1. The molecule has 1 N–H and O–H groups in total. The topological polar surface area (TPSA) is 55.4 Å². The number of methoxy groups -OCH3 is 1. The molecule has 0 aromatic carbocycles. The number of ketones is 1. The number of ether oxygens (including phenoxy) is 1. The van der Waals surface area contributed by atoms with Crippen molar-refractivity contribution in [2.45, 2.75) is 34.2 Å². The summed E-state index contributed by atoms with van der Waals surface area (Å²) in [4.78, 5) is 21.4. The van der Waals surface area contributed by atoms with Crippen molar-refractivity contribution in [3.05, 3.63) is 0 Å². The van der Waals surface area contributed by atoms with E-state index in [4.69, 9.17) is 0 Å². The highest BCUT2D eigenvalue weighted by Gasteiger charge is 2.15. The first-order chi connectivity index (χ1) is 5.11. The summed E-state index contributed by atoms with van der Waals surface area (Å²) in [7, 11) is 2.93. The van der Waals surface area contributed by atoms with Crippen LogP contribution in [0.4, 0.5) is 0 Å². The quantitative estimate of drug-likeness (QED) is 0.673. The predicted octanol–water partition coefficient (Wildman–Crippen LogP) is 0.999. The van der Waals surface area contributed by atoms with Gasteiger partial charge in [0.25, 0.3) is 0 Å². The van der Waals surface area contributed by atoms with Crippen LogP contribution in [0.3, 0.4) is 0 Å². The highest BCUT2D eigenvalue weighted by molar-refractivity contribution is 5.86. The van der Waals surface area contributed by atoms with Crippen LogP contribution in [0.2, 0.25) is 0 Å². The molecule has 1 unspecified atom stereocenters. The Bertz CT molecular complexity index is 157. The fraction of sp³-hybridized carbons (Fsp3) is 0.778. The van der Waals surface area contributed by atoms with Gasteiger partial charge in [-0.3, -0.25) is 9.59 Å². The monoisotopic (exact) mass is 191 g/mol. The van der Waals surface area contributed by atoms with Crippen LogP contribution in [-0.2, 0) is 14.3 Å². The lowest BCUT2D eigenvalue weighted by atomic mass is 10.1. The summed E-state index contributed by atoms with van der Waals surface area (Å²) in [5, 5.41) is 2.72. The average molecular weight is 191 g/mol. The van der Waals surface area contributed by atoms with E-state index in [1.54, 1.807) is 7.05 Å². The third-order valence-electron chi connectivity index (χ3n) is 1.44. The molecule has 0 fully saturated rings. The van der Waals surface area contributed by atoms with E-state index in [1.807, 2.05) is 0 Å². The number of esters is 1. The van der Waals surface area contributed by atoms with Crippen molar-refractivity contribution in [3.8, 4) is 0 Å². The SMILES string of the molecule is C.C.CNC(CC(=O)OC)C(C)=O.